The summed E-state index contributed by atoms with van der Waals surface area (Å²) in [7, 11) is 2.04. The van der Waals surface area contributed by atoms with E-state index in [2.05, 4.69) is 39.5 Å². The second-order valence-electron chi connectivity index (χ2n) is 10.4. The van der Waals surface area contributed by atoms with Gasteiger partial charge in [-0.3, -0.25) is 14.4 Å². The number of nitrogens with one attached hydrogen (secondary N) is 2. The number of rotatable bonds is 12. The Morgan fingerprint density at radius 2 is 1.74 bits per heavy atom. The Morgan fingerprint density at radius 1 is 1.00 bits per heavy atom. The van der Waals surface area contributed by atoms with E-state index >= 15 is 0 Å². The van der Waals surface area contributed by atoms with Crippen LogP contribution in [-0.2, 0) is 16.2 Å². The number of benzene rings is 3. The van der Waals surface area contributed by atoms with E-state index in [1.54, 1.807) is 17.2 Å². The molecule has 1 heterocycles. The minimum absolute atomic E-state index is 0.0923. The van der Waals surface area contributed by atoms with Gasteiger partial charge in [-0.25, -0.2) is 0 Å². The van der Waals surface area contributed by atoms with Crippen LogP contribution in [0.1, 0.15) is 41.3 Å². The van der Waals surface area contributed by atoms with Gasteiger partial charge in [-0.15, -0.1) is 0 Å². The lowest BCUT2D eigenvalue weighted by molar-refractivity contribution is -0.181. The molecule has 2 amide bonds. The van der Waals surface area contributed by atoms with Gasteiger partial charge in [0.25, 0.3) is 5.91 Å². The summed E-state index contributed by atoms with van der Waals surface area (Å²) < 4.78 is 0. The minimum atomic E-state index is -0.512. The fourth-order valence-electron chi connectivity index (χ4n) is 5.18. The normalized spacial score (nSPS) is 18.1. The molecule has 42 heavy (non-hydrogen) atoms. The molecule has 1 saturated heterocycles. The average molecular weight is 569 g/mol. The smallest absolute Gasteiger partial charge is 0.252 e. The summed E-state index contributed by atoms with van der Waals surface area (Å²) in [6, 6.07) is 26.4. The number of carbonyl (C=O) groups is 2. The molecular weight excluding hydrogens is 528 g/mol. The molecule has 0 aliphatic carbocycles. The number of anilines is 1. The molecule has 8 heteroatoms. The van der Waals surface area contributed by atoms with E-state index in [-0.39, 0.29) is 30.9 Å². The highest BCUT2D eigenvalue weighted by Gasteiger charge is 2.45. The Hall–Kier alpha value is -4.16. The summed E-state index contributed by atoms with van der Waals surface area (Å²) in [5.41, 5.74) is 3.47. The molecule has 3 aromatic rings. The highest BCUT2D eigenvalue weighted by Crippen LogP contribution is 2.32. The Labute approximate surface area is 248 Å². The molecule has 3 N–H and O–H groups in total. The molecule has 8 nitrogen and oxygen atoms in total. The van der Waals surface area contributed by atoms with Crippen LogP contribution in [0, 0.1) is 17.8 Å². The second-order valence-corrected chi connectivity index (χ2v) is 10.4. The number of nitrogens with zero attached hydrogens (tertiary/aromatic N) is 2. The van der Waals surface area contributed by atoms with Crippen LogP contribution in [0.3, 0.4) is 0 Å². The lowest BCUT2D eigenvalue weighted by Gasteiger charge is -2.25. The van der Waals surface area contributed by atoms with Gasteiger partial charge in [-0.05, 0) is 54.8 Å². The van der Waals surface area contributed by atoms with Gasteiger partial charge in [-0.1, -0.05) is 67.3 Å². The zero-order valence-electron chi connectivity index (χ0n) is 24.3. The van der Waals surface area contributed by atoms with Gasteiger partial charge in [0.15, 0.2) is 0 Å². The molecule has 4 rings (SSSR count). The summed E-state index contributed by atoms with van der Waals surface area (Å²) in [6.45, 7) is 3.83. The summed E-state index contributed by atoms with van der Waals surface area (Å²) in [6.07, 6.45) is 1.07. The summed E-state index contributed by atoms with van der Waals surface area (Å²) in [5, 5.41) is 17.6. The van der Waals surface area contributed by atoms with E-state index in [1.807, 2.05) is 74.6 Å². The number of para-hydroxylation sites is 1. The predicted molar refractivity (Wildman–Crippen MR) is 165 cm³/mol. The first kappa shape index (κ1) is 30.8. The molecular formula is C34H40N4O4. The lowest BCUT2D eigenvalue weighted by atomic mass is 9.91. The van der Waals surface area contributed by atoms with Gasteiger partial charge in [0, 0.05) is 42.9 Å². The molecule has 1 aliphatic heterocycles. The molecule has 1 aliphatic rings. The number of hydrogen-bond acceptors (Lipinski definition) is 6. The highest BCUT2D eigenvalue weighted by atomic mass is 16.7. The maximum atomic E-state index is 13.4. The van der Waals surface area contributed by atoms with Crippen LogP contribution in [0.4, 0.5) is 5.69 Å². The first-order valence-corrected chi connectivity index (χ1v) is 14.5. The zero-order chi connectivity index (χ0) is 29.7. The highest BCUT2D eigenvalue weighted by molar-refractivity contribution is 5.94. The van der Waals surface area contributed by atoms with Crippen LogP contribution >= 0.6 is 0 Å². The van der Waals surface area contributed by atoms with Crippen molar-refractivity contribution in [2.75, 3.05) is 38.2 Å². The van der Waals surface area contributed by atoms with E-state index in [0.29, 0.717) is 25.1 Å². The topological polar surface area (TPSA) is 94.1 Å². The van der Waals surface area contributed by atoms with Crippen molar-refractivity contribution >= 4 is 17.5 Å². The van der Waals surface area contributed by atoms with Gasteiger partial charge >= 0.3 is 0 Å². The van der Waals surface area contributed by atoms with Crippen LogP contribution in [0.15, 0.2) is 84.9 Å². The molecule has 3 atom stereocenters. The monoisotopic (exact) mass is 568 g/mol. The fourth-order valence-corrected chi connectivity index (χ4v) is 5.18. The van der Waals surface area contributed by atoms with Crippen LogP contribution in [0.25, 0.3) is 0 Å². The number of carbonyl (C=O) groups excluding carboxylic acids is 2. The quantitative estimate of drug-likeness (QED) is 0.228. The Kier molecular flexibility index (Phi) is 11.5. The SMILES string of the molecule is CCC1[C@@H](CO)ON(Cc2cccc(C#CCNC(=O)c3ccccc3)c2)[C@H]1C(=O)NCCCN(C)c1ccccc1. The molecule has 0 saturated carbocycles. The Balaban J connectivity index is 1.33. The molecule has 0 radical (unpaired) electrons. The third kappa shape index (κ3) is 8.43. The molecule has 0 aromatic heterocycles. The predicted octanol–water partition coefficient (Wildman–Crippen LogP) is 3.61. The molecule has 220 valence electrons. The van der Waals surface area contributed by atoms with Crippen LogP contribution in [0.5, 0.6) is 0 Å². The standard InChI is InChI=1S/C34H40N4O4/c1-3-30-31(25-39)42-38(32(30)34(41)36-21-12-22-37(2)29-18-8-5-9-19-29)24-27-14-10-13-26(23-27)15-11-20-35-33(40)28-16-6-4-7-17-28/h4-10,13-14,16-19,23,30-32,39H,3,12,20-22,24-25H2,1-2H3,(H,35,40)(H,36,41)/t30?,31-,32-/m1/s1. The van der Waals surface area contributed by atoms with Crippen molar-refractivity contribution in [3.05, 3.63) is 102 Å². The summed E-state index contributed by atoms with van der Waals surface area (Å²) in [5.74, 6) is 5.72. The first-order chi connectivity index (χ1) is 20.5. The number of amides is 2. The van der Waals surface area contributed by atoms with Gasteiger partial charge in [0.2, 0.25) is 5.91 Å². The van der Waals surface area contributed by atoms with Crippen molar-refractivity contribution in [2.24, 2.45) is 5.92 Å². The van der Waals surface area contributed by atoms with Gasteiger partial charge in [0.1, 0.15) is 12.1 Å². The van der Waals surface area contributed by atoms with Crippen molar-refractivity contribution in [2.45, 2.75) is 38.5 Å². The lowest BCUT2D eigenvalue weighted by Crippen LogP contribution is -2.46. The van der Waals surface area contributed by atoms with Crippen LogP contribution in [-0.4, -0.2) is 67.4 Å². The Morgan fingerprint density at radius 3 is 2.45 bits per heavy atom. The first-order valence-electron chi connectivity index (χ1n) is 14.5. The third-order valence-corrected chi connectivity index (χ3v) is 7.42. The van der Waals surface area contributed by atoms with E-state index in [4.69, 9.17) is 4.84 Å². The number of aliphatic hydroxyl groups is 1. The van der Waals surface area contributed by atoms with Crippen LogP contribution in [0.2, 0.25) is 0 Å². The van der Waals surface area contributed by atoms with E-state index in [0.717, 1.165) is 29.8 Å². The second kappa shape index (κ2) is 15.7. The van der Waals surface area contributed by atoms with Gasteiger partial charge < -0.3 is 20.6 Å². The number of hydroxylamine groups is 2. The molecule has 0 spiro atoms. The average Bonchev–Trinajstić information content (AvgIpc) is 3.39. The van der Waals surface area contributed by atoms with E-state index < -0.39 is 12.1 Å². The van der Waals surface area contributed by atoms with Crippen molar-refractivity contribution in [1.82, 2.24) is 15.7 Å². The minimum Gasteiger partial charge on any atom is -0.394 e. The van der Waals surface area contributed by atoms with Crippen molar-refractivity contribution in [3.8, 4) is 11.8 Å². The maximum Gasteiger partial charge on any atom is 0.252 e. The van der Waals surface area contributed by atoms with E-state index in [9.17, 15) is 14.7 Å². The molecule has 1 unspecified atom stereocenters. The molecule has 0 bridgehead atoms. The molecule has 3 aromatic carbocycles. The number of aliphatic hydroxyl groups excluding tert-OH is 1. The van der Waals surface area contributed by atoms with Gasteiger partial charge in [0.05, 0.1) is 19.7 Å². The third-order valence-electron chi connectivity index (χ3n) is 7.42. The fraction of sp³-hybridized carbons (Fsp3) is 0.353. The van der Waals surface area contributed by atoms with Gasteiger partial charge in [-0.2, -0.15) is 5.06 Å². The summed E-state index contributed by atoms with van der Waals surface area (Å²) in [4.78, 5) is 33.9. The maximum absolute atomic E-state index is 13.4. The molecule has 1 fully saturated rings. The zero-order valence-corrected chi connectivity index (χ0v) is 24.3. The number of hydrogen-bond donors (Lipinski definition) is 3. The largest absolute Gasteiger partial charge is 0.394 e. The summed E-state index contributed by atoms with van der Waals surface area (Å²) >= 11 is 0. The van der Waals surface area contributed by atoms with Crippen LogP contribution < -0.4 is 15.5 Å². The van der Waals surface area contributed by atoms with E-state index in [1.165, 1.54) is 0 Å². The Bertz CT molecular complexity index is 1360. The van der Waals surface area contributed by atoms with Crippen molar-refractivity contribution in [3.63, 3.8) is 0 Å². The van der Waals surface area contributed by atoms with Crippen molar-refractivity contribution < 1.29 is 19.5 Å². The van der Waals surface area contributed by atoms with Crippen molar-refractivity contribution in [1.29, 1.82) is 0 Å².